The van der Waals surface area contributed by atoms with E-state index in [4.69, 9.17) is 0 Å². The lowest BCUT2D eigenvalue weighted by atomic mass is 10.1. The topological polar surface area (TPSA) is 59.1 Å². The number of hydrogen-bond donors (Lipinski definition) is 1. The fraction of sp³-hybridized carbons (Fsp3) is 0.167. The number of aromatic nitrogens is 1. The van der Waals surface area contributed by atoms with E-state index in [2.05, 4.69) is 9.71 Å². The van der Waals surface area contributed by atoms with Gasteiger partial charge >= 0.3 is 0 Å². The molecule has 1 aromatic heterocycles. The van der Waals surface area contributed by atoms with Crippen molar-refractivity contribution in [1.82, 2.24) is 4.98 Å². The number of hydrogen-bond acceptors (Lipinski definition) is 3. The van der Waals surface area contributed by atoms with Gasteiger partial charge in [0, 0.05) is 11.6 Å². The number of fused-ring (bicyclic) bond motifs is 1. The van der Waals surface area contributed by atoms with Crippen molar-refractivity contribution in [3.63, 3.8) is 0 Å². The molecule has 0 spiro atoms. The van der Waals surface area contributed by atoms with Crippen molar-refractivity contribution in [1.29, 1.82) is 0 Å². The van der Waals surface area contributed by atoms with Gasteiger partial charge in [-0.15, -0.1) is 0 Å². The summed E-state index contributed by atoms with van der Waals surface area (Å²) in [5.74, 6) is -0.0586. The van der Waals surface area contributed by atoms with Crippen LogP contribution >= 0.6 is 0 Å². The number of aryl methyl sites for hydroxylation is 2. The highest BCUT2D eigenvalue weighted by Gasteiger charge is 2.14. The van der Waals surface area contributed by atoms with E-state index in [0.29, 0.717) is 11.2 Å². The standard InChI is InChI=1S/C18H18N2O2S/c1-13-5-3-6-15(9-13)12-23(21,22)20-17-11-14(2)10-16-7-4-8-19-18(16)17/h3-11,20H,12H2,1-2H3. The second kappa shape index (κ2) is 6.01. The molecule has 1 N–H and O–H groups in total. The molecule has 0 saturated heterocycles. The Bertz CT molecular complexity index is 966. The van der Waals surface area contributed by atoms with E-state index in [1.807, 2.05) is 62.4 Å². The minimum Gasteiger partial charge on any atom is -0.281 e. The van der Waals surface area contributed by atoms with Crippen LogP contribution in [0.2, 0.25) is 0 Å². The summed E-state index contributed by atoms with van der Waals surface area (Å²) in [5, 5.41) is 0.917. The molecule has 0 bridgehead atoms. The Hall–Kier alpha value is -2.40. The molecule has 3 rings (SSSR count). The maximum absolute atomic E-state index is 12.5. The normalized spacial score (nSPS) is 11.6. The first-order valence-corrected chi connectivity index (χ1v) is 9.00. The van der Waals surface area contributed by atoms with Crippen LogP contribution in [-0.2, 0) is 15.8 Å². The predicted molar refractivity (Wildman–Crippen MR) is 93.9 cm³/mol. The molecule has 0 saturated carbocycles. The molecular weight excluding hydrogens is 308 g/mol. The molecule has 118 valence electrons. The minimum absolute atomic E-state index is 0.0586. The monoisotopic (exact) mass is 326 g/mol. The SMILES string of the molecule is Cc1cccc(CS(=O)(=O)Nc2cc(C)cc3cccnc23)c1. The molecular formula is C18H18N2O2S. The van der Waals surface area contributed by atoms with Gasteiger partial charge in [0.1, 0.15) is 0 Å². The van der Waals surface area contributed by atoms with Crippen molar-refractivity contribution in [2.24, 2.45) is 0 Å². The van der Waals surface area contributed by atoms with Crippen molar-refractivity contribution in [2.75, 3.05) is 4.72 Å². The fourth-order valence-corrected chi connectivity index (χ4v) is 3.83. The molecule has 0 amide bonds. The zero-order valence-corrected chi connectivity index (χ0v) is 13.9. The van der Waals surface area contributed by atoms with Gasteiger partial charge in [-0.05, 0) is 43.2 Å². The second-order valence-corrected chi connectivity index (χ2v) is 7.46. The first kappa shape index (κ1) is 15.5. The van der Waals surface area contributed by atoms with E-state index in [9.17, 15) is 8.42 Å². The van der Waals surface area contributed by atoms with Gasteiger partial charge in [0.05, 0.1) is 17.0 Å². The van der Waals surface area contributed by atoms with E-state index in [1.54, 1.807) is 6.20 Å². The third kappa shape index (κ3) is 3.68. The number of benzene rings is 2. The summed E-state index contributed by atoms with van der Waals surface area (Å²) in [6, 6.07) is 15.1. The van der Waals surface area contributed by atoms with Crippen LogP contribution in [0.1, 0.15) is 16.7 Å². The van der Waals surface area contributed by atoms with Gasteiger partial charge in [0.25, 0.3) is 0 Å². The Balaban J connectivity index is 1.94. The van der Waals surface area contributed by atoms with Gasteiger partial charge in [0.15, 0.2) is 0 Å². The van der Waals surface area contributed by atoms with Crippen LogP contribution in [0.5, 0.6) is 0 Å². The molecule has 3 aromatic rings. The maximum Gasteiger partial charge on any atom is 0.236 e. The molecule has 0 aliphatic rings. The highest BCUT2D eigenvalue weighted by atomic mass is 32.2. The molecule has 4 nitrogen and oxygen atoms in total. The van der Waals surface area contributed by atoms with E-state index in [-0.39, 0.29) is 5.75 Å². The molecule has 1 heterocycles. The molecule has 23 heavy (non-hydrogen) atoms. The molecule has 5 heteroatoms. The quantitative estimate of drug-likeness (QED) is 0.793. The van der Waals surface area contributed by atoms with E-state index < -0.39 is 10.0 Å². The number of anilines is 1. The Labute approximate surface area is 136 Å². The van der Waals surface area contributed by atoms with Crippen LogP contribution < -0.4 is 4.72 Å². The molecule has 0 fully saturated rings. The summed E-state index contributed by atoms with van der Waals surface area (Å²) in [6.45, 7) is 3.88. The van der Waals surface area contributed by atoms with Crippen molar-refractivity contribution in [3.8, 4) is 0 Å². The van der Waals surface area contributed by atoms with Crippen LogP contribution in [0, 0.1) is 13.8 Å². The van der Waals surface area contributed by atoms with Crippen molar-refractivity contribution in [2.45, 2.75) is 19.6 Å². The Kier molecular flexibility index (Phi) is 4.05. The highest BCUT2D eigenvalue weighted by Crippen LogP contribution is 2.25. The van der Waals surface area contributed by atoms with Crippen molar-refractivity contribution < 1.29 is 8.42 Å². The minimum atomic E-state index is -3.50. The van der Waals surface area contributed by atoms with Crippen LogP contribution in [0.25, 0.3) is 10.9 Å². The average Bonchev–Trinajstić information content (AvgIpc) is 2.46. The molecule has 0 aliphatic heterocycles. The largest absolute Gasteiger partial charge is 0.281 e. The van der Waals surface area contributed by atoms with Crippen LogP contribution in [0.15, 0.2) is 54.7 Å². The zero-order valence-electron chi connectivity index (χ0n) is 13.1. The second-order valence-electron chi connectivity index (χ2n) is 5.74. The van der Waals surface area contributed by atoms with Gasteiger partial charge in [-0.3, -0.25) is 9.71 Å². The molecule has 2 aromatic carbocycles. The zero-order chi connectivity index (χ0) is 16.4. The first-order chi connectivity index (χ1) is 10.9. The van der Waals surface area contributed by atoms with Crippen LogP contribution in [-0.4, -0.2) is 13.4 Å². The summed E-state index contributed by atoms with van der Waals surface area (Å²) in [6.07, 6.45) is 1.66. The number of rotatable bonds is 4. The lowest BCUT2D eigenvalue weighted by Crippen LogP contribution is -2.15. The summed E-state index contributed by atoms with van der Waals surface area (Å²) in [7, 11) is -3.50. The highest BCUT2D eigenvalue weighted by molar-refractivity contribution is 7.91. The molecule has 0 radical (unpaired) electrons. The van der Waals surface area contributed by atoms with Crippen molar-refractivity contribution >= 4 is 26.6 Å². The van der Waals surface area contributed by atoms with Crippen molar-refractivity contribution in [3.05, 3.63) is 71.4 Å². The number of nitrogens with zero attached hydrogens (tertiary/aromatic N) is 1. The Morgan fingerprint density at radius 1 is 1.00 bits per heavy atom. The first-order valence-electron chi connectivity index (χ1n) is 7.34. The fourth-order valence-electron chi connectivity index (χ4n) is 2.64. The molecule has 0 aliphatic carbocycles. The van der Waals surface area contributed by atoms with E-state index >= 15 is 0 Å². The summed E-state index contributed by atoms with van der Waals surface area (Å²) < 4.78 is 27.7. The predicted octanol–water partition coefficient (Wildman–Crippen LogP) is 3.79. The Morgan fingerprint density at radius 3 is 2.61 bits per heavy atom. The third-order valence-corrected chi connectivity index (χ3v) is 4.80. The molecule has 0 atom stereocenters. The number of nitrogens with one attached hydrogen (secondary N) is 1. The number of sulfonamides is 1. The lowest BCUT2D eigenvalue weighted by molar-refractivity contribution is 0.600. The maximum atomic E-state index is 12.5. The van der Waals surface area contributed by atoms with Gasteiger partial charge in [-0.25, -0.2) is 8.42 Å². The smallest absolute Gasteiger partial charge is 0.236 e. The van der Waals surface area contributed by atoms with E-state index in [1.165, 1.54) is 0 Å². The molecule has 0 unspecified atom stereocenters. The van der Waals surface area contributed by atoms with Crippen LogP contribution in [0.3, 0.4) is 0 Å². The third-order valence-electron chi connectivity index (χ3n) is 3.55. The summed E-state index contributed by atoms with van der Waals surface area (Å²) >= 11 is 0. The van der Waals surface area contributed by atoms with Crippen LogP contribution in [0.4, 0.5) is 5.69 Å². The average molecular weight is 326 g/mol. The number of pyridine rings is 1. The summed E-state index contributed by atoms with van der Waals surface area (Å²) in [5.41, 5.74) is 3.97. The van der Waals surface area contributed by atoms with Gasteiger partial charge in [-0.2, -0.15) is 0 Å². The van der Waals surface area contributed by atoms with Gasteiger partial charge in [0.2, 0.25) is 10.0 Å². The van der Waals surface area contributed by atoms with Gasteiger partial charge in [-0.1, -0.05) is 35.9 Å². The van der Waals surface area contributed by atoms with E-state index in [0.717, 1.165) is 22.1 Å². The summed E-state index contributed by atoms with van der Waals surface area (Å²) in [4.78, 5) is 4.30. The Morgan fingerprint density at radius 2 is 1.83 bits per heavy atom. The lowest BCUT2D eigenvalue weighted by Gasteiger charge is -2.11. The van der Waals surface area contributed by atoms with Gasteiger partial charge < -0.3 is 0 Å².